The van der Waals surface area contributed by atoms with Gasteiger partial charge < -0.3 is 15.4 Å². The number of halogens is 1. The van der Waals surface area contributed by atoms with Crippen LogP contribution in [0.15, 0.2) is 23.3 Å². The van der Waals surface area contributed by atoms with Crippen molar-refractivity contribution in [2.45, 2.75) is 39.2 Å². The lowest BCUT2D eigenvalue weighted by Gasteiger charge is -2.27. The van der Waals surface area contributed by atoms with Crippen LogP contribution in [0.1, 0.15) is 38.2 Å². The van der Waals surface area contributed by atoms with E-state index in [1.165, 1.54) is 19.3 Å². The molecular formula is C15H25IN4O. The van der Waals surface area contributed by atoms with Crippen molar-refractivity contribution >= 4 is 29.9 Å². The molecule has 0 spiro atoms. The van der Waals surface area contributed by atoms with Crippen molar-refractivity contribution in [3.8, 4) is 5.88 Å². The molecule has 1 saturated heterocycles. The number of pyridine rings is 1. The summed E-state index contributed by atoms with van der Waals surface area (Å²) in [6.45, 7) is 5.31. The molecule has 5 nitrogen and oxygen atoms in total. The summed E-state index contributed by atoms with van der Waals surface area (Å²) in [5.74, 6) is 1.31. The molecule has 1 aliphatic heterocycles. The summed E-state index contributed by atoms with van der Waals surface area (Å²) in [4.78, 5) is 10.9. The first kappa shape index (κ1) is 18.0. The third-order valence-electron chi connectivity index (χ3n) is 3.38. The number of hydrogen-bond acceptors (Lipinski definition) is 3. The molecule has 1 aliphatic rings. The number of aliphatic imine (C=N–C) groups is 1. The van der Waals surface area contributed by atoms with Gasteiger partial charge in [-0.2, -0.15) is 0 Å². The number of rotatable bonds is 5. The van der Waals surface area contributed by atoms with E-state index in [-0.39, 0.29) is 24.0 Å². The Balaban J connectivity index is 0.00000220. The van der Waals surface area contributed by atoms with E-state index >= 15 is 0 Å². The molecule has 2 heterocycles. The third kappa shape index (κ3) is 5.68. The van der Waals surface area contributed by atoms with E-state index in [4.69, 9.17) is 10.5 Å². The fourth-order valence-electron chi connectivity index (χ4n) is 2.26. The van der Waals surface area contributed by atoms with E-state index in [2.05, 4.69) is 21.8 Å². The van der Waals surface area contributed by atoms with Crippen LogP contribution in [0.2, 0.25) is 0 Å². The van der Waals surface area contributed by atoms with Gasteiger partial charge in [-0.05, 0) is 31.7 Å². The predicted octanol–water partition coefficient (Wildman–Crippen LogP) is 2.79. The van der Waals surface area contributed by atoms with Gasteiger partial charge in [0.15, 0.2) is 5.96 Å². The topological polar surface area (TPSA) is 63.7 Å². The van der Waals surface area contributed by atoms with Gasteiger partial charge in [-0.25, -0.2) is 9.98 Å². The van der Waals surface area contributed by atoms with Gasteiger partial charge in [0.1, 0.15) is 0 Å². The summed E-state index contributed by atoms with van der Waals surface area (Å²) in [5, 5.41) is 0. The monoisotopic (exact) mass is 404 g/mol. The van der Waals surface area contributed by atoms with Gasteiger partial charge in [0.25, 0.3) is 0 Å². The smallest absolute Gasteiger partial charge is 0.218 e. The molecule has 118 valence electrons. The van der Waals surface area contributed by atoms with E-state index in [9.17, 15) is 0 Å². The van der Waals surface area contributed by atoms with E-state index in [0.717, 1.165) is 25.1 Å². The Kier molecular flexibility index (Phi) is 8.41. The summed E-state index contributed by atoms with van der Waals surface area (Å²) in [5.41, 5.74) is 7.05. The minimum Gasteiger partial charge on any atom is -0.477 e. The number of hydrogen-bond donors (Lipinski definition) is 1. The van der Waals surface area contributed by atoms with Gasteiger partial charge in [-0.15, -0.1) is 24.0 Å². The summed E-state index contributed by atoms with van der Waals surface area (Å²) in [6.07, 6.45) is 6.41. The van der Waals surface area contributed by atoms with Gasteiger partial charge in [-0.3, -0.25) is 0 Å². The lowest BCUT2D eigenvalue weighted by molar-refractivity contribution is 0.301. The van der Waals surface area contributed by atoms with Crippen LogP contribution >= 0.6 is 24.0 Å². The average Bonchev–Trinajstić information content (AvgIpc) is 2.52. The van der Waals surface area contributed by atoms with Crippen LogP contribution in [0.25, 0.3) is 0 Å². The number of ether oxygens (including phenoxy) is 1. The van der Waals surface area contributed by atoms with Crippen molar-refractivity contribution in [2.24, 2.45) is 10.7 Å². The van der Waals surface area contributed by atoms with Crippen molar-refractivity contribution in [1.82, 2.24) is 9.88 Å². The lowest BCUT2D eigenvalue weighted by atomic mass is 10.1. The Morgan fingerprint density at radius 1 is 1.38 bits per heavy atom. The third-order valence-corrected chi connectivity index (χ3v) is 3.38. The second-order valence-corrected chi connectivity index (χ2v) is 5.04. The quantitative estimate of drug-likeness (QED) is 0.466. The van der Waals surface area contributed by atoms with Crippen molar-refractivity contribution < 1.29 is 4.74 Å². The molecule has 0 aromatic carbocycles. The van der Waals surface area contributed by atoms with E-state index in [0.29, 0.717) is 25.0 Å². The molecule has 0 aliphatic carbocycles. The van der Waals surface area contributed by atoms with Crippen LogP contribution < -0.4 is 10.5 Å². The van der Waals surface area contributed by atoms with Gasteiger partial charge in [0, 0.05) is 24.8 Å². The van der Waals surface area contributed by atoms with Crippen LogP contribution in [0, 0.1) is 0 Å². The highest BCUT2D eigenvalue weighted by Crippen LogP contribution is 2.16. The predicted molar refractivity (Wildman–Crippen MR) is 96.2 cm³/mol. The molecule has 6 heteroatoms. The summed E-state index contributed by atoms with van der Waals surface area (Å²) < 4.78 is 5.63. The molecule has 1 aromatic rings. The maximum Gasteiger partial charge on any atom is 0.218 e. The van der Waals surface area contributed by atoms with Gasteiger partial charge in [0.2, 0.25) is 5.88 Å². The fourth-order valence-corrected chi connectivity index (χ4v) is 2.26. The van der Waals surface area contributed by atoms with Crippen LogP contribution in [0.5, 0.6) is 5.88 Å². The SMILES string of the molecule is CCCOc1ncccc1CN=C(N)N1CCCCC1.I. The van der Waals surface area contributed by atoms with Crippen molar-refractivity contribution in [3.63, 3.8) is 0 Å². The maximum atomic E-state index is 6.06. The Morgan fingerprint density at radius 3 is 2.86 bits per heavy atom. The molecule has 2 N–H and O–H groups in total. The standard InChI is InChI=1S/C15H24N4O.HI/c1-2-11-20-14-13(7-6-8-17-14)12-18-15(16)19-9-4-3-5-10-19;/h6-8H,2-5,9-12H2,1H3,(H2,16,18);1H. The van der Waals surface area contributed by atoms with Crippen molar-refractivity contribution in [1.29, 1.82) is 0 Å². The van der Waals surface area contributed by atoms with Gasteiger partial charge in [-0.1, -0.05) is 13.0 Å². The van der Waals surface area contributed by atoms with E-state index in [1.807, 2.05) is 12.1 Å². The lowest BCUT2D eigenvalue weighted by Crippen LogP contribution is -2.40. The zero-order valence-corrected chi connectivity index (χ0v) is 15.0. The summed E-state index contributed by atoms with van der Waals surface area (Å²) in [7, 11) is 0. The van der Waals surface area contributed by atoms with Gasteiger partial charge >= 0.3 is 0 Å². The number of likely N-dealkylation sites (tertiary alicyclic amines) is 1. The molecule has 0 unspecified atom stereocenters. The Hall–Kier alpha value is -1.05. The van der Waals surface area contributed by atoms with E-state index < -0.39 is 0 Å². The zero-order chi connectivity index (χ0) is 14.2. The first-order valence-corrected chi connectivity index (χ1v) is 7.43. The first-order valence-electron chi connectivity index (χ1n) is 7.43. The van der Waals surface area contributed by atoms with Crippen LogP contribution in [0.4, 0.5) is 0 Å². The number of nitrogens with zero attached hydrogens (tertiary/aromatic N) is 3. The second-order valence-electron chi connectivity index (χ2n) is 5.04. The average molecular weight is 404 g/mol. The fraction of sp³-hybridized carbons (Fsp3) is 0.600. The Labute approximate surface area is 144 Å². The van der Waals surface area contributed by atoms with Crippen LogP contribution in [-0.2, 0) is 6.54 Å². The summed E-state index contributed by atoms with van der Waals surface area (Å²) in [6, 6.07) is 3.89. The highest BCUT2D eigenvalue weighted by atomic mass is 127. The number of nitrogens with two attached hydrogens (primary N) is 1. The number of guanidine groups is 1. The molecule has 1 aromatic heterocycles. The highest BCUT2D eigenvalue weighted by molar-refractivity contribution is 14.0. The molecule has 21 heavy (non-hydrogen) atoms. The molecule has 0 saturated carbocycles. The van der Waals surface area contributed by atoms with Gasteiger partial charge in [0.05, 0.1) is 13.2 Å². The minimum atomic E-state index is 0. The second kappa shape index (κ2) is 9.81. The number of piperidine rings is 1. The number of aromatic nitrogens is 1. The van der Waals surface area contributed by atoms with Crippen molar-refractivity contribution in [3.05, 3.63) is 23.9 Å². The first-order chi connectivity index (χ1) is 9.81. The Morgan fingerprint density at radius 2 is 2.14 bits per heavy atom. The van der Waals surface area contributed by atoms with Crippen LogP contribution in [0.3, 0.4) is 0 Å². The van der Waals surface area contributed by atoms with E-state index in [1.54, 1.807) is 6.20 Å². The molecule has 0 bridgehead atoms. The molecule has 0 amide bonds. The highest BCUT2D eigenvalue weighted by Gasteiger charge is 2.12. The normalized spacial score (nSPS) is 15.5. The van der Waals surface area contributed by atoms with Crippen LogP contribution in [-0.4, -0.2) is 35.5 Å². The molecule has 1 fully saturated rings. The molecule has 0 atom stereocenters. The zero-order valence-electron chi connectivity index (χ0n) is 12.6. The Bertz CT molecular complexity index is 447. The molecular weight excluding hydrogens is 379 g/mol. The minimum absolute atomic E-state index is 0. The maximum absolute atomic E-state index is 6.06. The molecule has 2 rings (SSSR count). The summed E-state index contributed by atoms with van der Waals surface area (Å²) >= 11 is 0. The largest absolute Gasteiger partial charge is 0.477 e. The van der Waals surface area contributed by atoms with Crippen molar-refractivity contribution in [2.75, 3.05) is 19.7 Å². The molecule has 0 radical (unpaired) electrons.